The highest BCUT2D eigenvalue weighted by molar-refractivity contribution is 9.10. The Morgan fingerprint density at radius 2 is 2.25 bits per heavy atom. The normalized spacial score (nSPS) is 9.83. The Labute approximate surface area is 79.3 Å². The van der Waals surface area contributed by atoms with Crippen molar-refractivity contribution in [3.8, 4) is 0 Å². The third-order valence-corrected chi connectivity index (χ3v) is 2.29. The SMILES string of the molecule is [CH]Cc1cc(C(=O)O)ccc1Br. The monoisotopic (exact) mass is 226 g/mol. The predicted molar refractivity (Wildman–Crippen MR) is 49.1 cm³/mol. The predicted octanol–water partition coefficient (Wildman–Crippen LogP) is 2.40. The molecule has 12 heavy (non-hydrogen) atoms. The minimum absolute atomic E-state index is 0.263. The second-order valence-corrected chi connectivity index (χ2v) is 3.17. The van der Waals surface area contributed by atoms with Gasteiger partial charge < -0.3 is 5.11 Å². The Kier molecular flexibility index (Phi) is 2.87. The van der Waals surface area contributed by atoms with E-state index in [1.54, 1.807) is 12.1 Å². The quantitative estimate of drug-likeness (QED) is 0.842. The summed E-state index contributed by atoms with van der Waals surface area (Å²) in [6.07, 6.45) is 0.335. The maximum Gasteiger partial charge on any atom is 0.335 e. The van der Waals surface area contributed by atoms with E-state index in [2.05, 4.69) is 15.9 Å². The van der Waals surface area contributed by atoms with Crippen LogP contribution in [0.1, 0.15) is 15.9 Å². The Hall–Kier alpha value is -0.830. The molecule has 0 saturated carbocycles. The number of carbonyl (C=O) groups is 1. The number of halogens is 1. The fraction of sp³-hybridized carbons (Fsp3) is 0.111. The molecule has 1 N–H and O–H groups in total. The summed E-state index contributed by atoms with van der Waals surface area (Å²) in [5.41, 5.74) is 1.06. The van der Waals surface area contributed by atoms with Gasteiger partial charge in [-0.05, 0) is 37.1 Å². The van der Waals surface area contributed by atoms with Gasteiger partial charge >= 0.3 is 5.97 Å². The second-order valence-electron chi connectivity index (χ2n) is 2.32. The van der Waals surface area contributed by atoms with Gasteiger partial charge in [0.1, 0.15) is 0 Å². The summed E-state index contributed by atoms with van der Waals surface area (Å²) in [7, 11) is 0. The van der Waals surface area contributed by atoms with Gasteiger partial charge in [-0.15, -0.1) is 0 Å². The molecule has 3 heteroatoms. The molecule has 2 nitrogen and oxygen atoms in total. The van der Waals surface area contributed by atoms with Crippen molar-refractivity contribution in [3.63, 3.8) is 0 Å². The summed E-state index contributed by atoms with van der Waals surface area (Å²) in [5.74, 6) is -0.933. The van der Waals surface area contributed by atoms with Crippen molar-refractivity contribution in [2.45, 2.75) is 6.42 Å². The summed E-state index contributed by atoms with van der Waals surface area (Å²) in [6.45, 7) is 5.40. The average molecular weight is 227 g/mol. The molecule has 62 valence electrons. The Morgan fingerprint density at radius 3 is 2.75 bits per heavy atom. The van der Waals surface area contributed by atoms with Crippen molar-refractivity contribution >= 4 is 21.9 Å². The van der Waals surface area contributed by atoms with Gasteiger partial charge in [-0.3, -0.25) is 0 Å². The van der Waals surface area contributed by atoms with E-state index >= 15 is 0 Å². The molecule has 0 heterocycles. The van der Waals surface area contributed by atoms with Crippen LogP contribution in [-0.4, -0.2) is 11.1 Å². The number of benzene rings is 1. The average Bonchev–Trinajstić information content (AvgIpc) is 2.05. The lowest BCUT2D eigenvalue weighted by Gasteiger charge is -2.01. The largest absolute Gasteiger partial charge is 0.478 e. The van der Waals surface area contributed by atoms with E-state index in [9.17, 15) is 4.79 Å². The van der Waals surface area contributed by atoms with Crippen molar-refractivity contribution in [2.24, 2.45) is 0 Å². The molecule has 0 saturated heterocycles. The van der Waals surface area contributed by atoms with Crippen molar-refractivity contribution in [3.05, 3.63) is 40.7 Å². The van der Waals surface area contributed by atoms with Gasteiger partial charge in [-0.1, -0.05) is 15.9 Å². The van der Waals surface area contributed by atoms with Crippen LogP contribution in [0, 0.1) is 6.92 Å². The number of aromatic carboxylic acids is 1. The summed E-state index contributed by atoms with van der Waals surface area (Å²) in [4.78, 5) is 10.5. The van der Waals surface area contributed by atoms with Gasteiger partial charge in [0.25, 0.3) is 0 Å². The third kappa shape index (κ3) is 1.85. The molecule has 0 amide bonds. The van der Waals surface area contributed by atoms with E-state index in [1.165, 1.54) is 6.07 Å². The van der Waals surface area contributed by atoms with Crippen LogP contribution in [0.15, 0.2) is 22.7 Å². The minimum Gasteiger partial charge on any atom is -0.478 e. The molecule has 0 unspecified atom stereocenters. The Balaban J connectivity index is 3.13. The molecule has 0 aliphatic heterocycles. The standard InChI is InChI=1S/C9H7BrO2/c1-2-6-5-7(9(11)12)3-4-8(6)10/h1,3-5H,2H2,(H,11,12). The second kappa shape index (κ2) is 3.72. The van der Waals surface area contributed by atoms with Crippen molar-refractivity contribution in [1.82, 2.24) is 0 Å². The summed E-state index contributed by atoms with van der Waals surface area (Å²) >= 11 is 3.27. The molecule has 0 spiro atoms. The lowest BCUT2D eigenvalue weighted by Crippen LogP contribution is -1.97. The molecule has 0 bridgehead atoms. The maximum atomic E-state index is 10.5. The summed E-state index contributed by atoms with van der Waals surface area (Å²) < 4.78 is 0.843. The van der Waals surface area contributed by atoms with Gasteiger partial charge in [-0.25, -0.2) is 4.79 Å². The van der Waals surface area contributed by atoms with Crippen molar-refractivity contribution in [1.29, 1.82) is 0 Å². The first-order valence-electron chi connectivity index (χ1n) is 3.37. The first kappa shape index (κ1) is 9.26. The number of carboxylic acids is 1. The van der Waals surface area contributed by atoms with Crippen molar-refractivity contribution < 1.29 is 9.90 Å². The molecule has 0 fully saturated rings. The van der Waals surface area contributed by atoms with E-state index in [1.807, 2.05) is 0 Å². The fourth-order valence-corrected chi connectivity index (χ4v) is 1.27. The Morgan fingerprint density at radius 1 is 1.58 bits per heavy atom. The zero-order valence-corrected chi connectivity index (χ0v) is 7.84. The number of hydrogen-bond acceptors (Lipinski definition) is 1. The highest BCUT2D eigenvalue weighted by atomic mass is 79.9. The highest BCUT2D eigenvalue weighted by Crippen LogP contribution is 2.18. The molecular weight excluding hydrogens is 220 g/mol. The summed E-state index contributed by atoms with van der Waals surface area (Å²) in [5, 5.41) is 8.64. The molecule has 0 aliphatic carbocycles. The molecule has 1 aromatic rings. The van der Waals surface area contributed by atoms with E-state index in [4.69, 9.17) is 12.0 Å². The first-order chi connectivity index (χ1) is 5.65. The van der Waals surface area contributed by atoms with Crippen LogP contribution in [0.5, 0.6) is 0 Å². The van der Waals surface area contributed by atoms with E-state index in [-0.39, 0.29) is 5.56 Å². The van der Waals surface area contributed by atoms with Crippen LogP contribution in [-0.2, 0) is 6.42 Å². The van der Waals surface area contributed by atoms with Crippen molar-refractivity contribution in [2.75, 3.05) is 0 Å². The number of hydrogen-bond donors (Lipinski definition) is 1. The molecule has 1 aromatic carbocycles. The first-order valence-corrected chi connectivity index (χ1v) is 4.16. The molecule has 0 atom stereocenters. The topological polar surface area (TPSA) is 37.3 Å². The molecule has 0 aliphatic rings. The van der Waals surface area contributed by atoms with Gasteiger partial charge in [0.15, 0.2) is 0 Å². The zero-order chi connectivity index (χ0) is 9.14. The van der Waals surface area contributed by atoms with Gasteiger partial charge in [0, 0.05) is 4.47 Å². The van der Waals surface area contributed by atoms with Crippen LogP contribution < -0.4 is 0 Å². The van der Waals surface area contributed by atoms with Gasteiger partial charge in [0.2, 0.25) is 0 Å². The molecule has 0 aromatic heterocycles. The van der Waals surface area contributed by atoms with E-state index in [0.717, 1.165) is 10.0 Å². The van der Waals surface area contributed by atoms with E-state index in [0.29, 0.717) is 6.42 Å². The summed E-state index contributed by atoms with van der Waals surface area (Å²) in [6, 6.07) is 4.78. The Bertz CT molecular complexity index is 307. The third-order valence-electron chi connectivity index (χ3n) is 1.51. The van der Waals surface area contributed by atoms with Crippen LogP contribution >= 0.6 is 15.9 Å². The zero-order valence-electron chi connectivity index (χ0n) is 6.25. The number of rotatable bonds is 2. The smallest absolute Gasteiger partial charge is 0.335 e. The lowest BCUT2D eigenvalue weighted by atomic mass is 10.1. The van der Waals surface area contributed by atoms with Crippen LogP contribution in [0.3, 0.4) is 0 Å². The maximum absolute atomic E-state index is 10.5. The molecule has 2 radical (unpaired) electrons. The van der Waals surface area contributed by atoms with Gasteiger partial charge in [0.05, 0.1) is 5.56 Å². The minimum atomic E-state index is -0.933. The molecule has 1 rings (SSSR count). The number of carboxylic acid groups (broad SMARTS) is 1. The lowest BCUT2D eigenvalue weighted by molar-refractivity contribution is 0.0697. The van der Waals surface area contributed by atoms with E-state index < -0.39 is 5.97 Å². The van der Waals surface area contributed by atoms with Gasteiger partial charge in [-0.2, -0.15) is 0 Å². The molecular formula is C9H7BrO2. The van der Waals surface area contributed by atoms with Crippen LogP contribution in [0.4, 0.5) is 0 Å². The van der Waals surface area contributed by atoms with Crippen LogP contribution in [0.25, 0.3) is 0 Å². The van der Waals surface area contributed by atoms with Crippen LogP contribution in [0.2, 0.25) is 0 Å². The highest BCUT2D eigenvalue weighted by Gasteiger charge is 2.04. The fourth-order valence-electron chi connectivity index (χ4n) is 0.864.